The zero-order valence-electron chi connectivity index (χ0n) is 14.2. The topological polar surface area (TPSA) is 89.1 Å². The van der Waals surface area contributed by atoms with Gasteiger partial charge in [0.05, 0.1) is 25.2 Å². The Bertz CT molecular complexity index is 888. The quantitative estimate of drug-likeness (QED) is 0.743. The Hall–Kier alpha value is -3.35. The van der Waals surface area contributed by atoms with E-state index in [2.05, 4.69) is 20.3 Å². The largest absolute Gasteiger partial charge is 0.493 e. The van der Waals surface area contributed by atoms with Crippen LogP contribution in [0.1, 0.15) is 21.9 Å². The van der Waals surface area contributed by atoms with E-state index in [1.807, 2.05) is 25.1 Å². The van der Waals surface area contributed by atoms with Gasteiger partial charge in [-0.25, -0.2) is 9.97 Å². The van der Waals surface area contributed by atoms with Crippen LogP contribution in [0.15, 0.2) is 42.7 Å². The molecule has 3 aromatic rings. The first-order chi connectivity index (χ1) is 12.0. The summed E-state index contributed by atoms with van der Waals surface area (Å²) < 4.78 is 11.0. The van der Waals surface area contributed by atoms with Crippen LogP contribution < -0.4 is 14.8 Å². The van der Waals surface area contributed by atoms with Crippen molar-refractivity contribution >= 4 is 11.6 Å². The predicted molar refractivity (Wildman–Crippen MR) is 93.3 cm³/mol. The number of carbonyl (C=O) groups excluding carboxylic acids is 1. The lowest BCUT2D eigenvalue weighted by Crippen LogP contribution is -2.12. The van der Waals surface area contributed by atoms with Crippen molar-refractivity contribution in [3.63, 3.8) is 0 Å². The molecule has 0 fully saturated rings. The van der Waals surface area contributed by atoms with Crippen LogP contribution in [-0.4, -0.2) is 28.0 Å². The van der Waals surface area contributed by atoms with Gasteiger partial charge in [-0.05, 0) is 37.6 Å². The highest BCUT2D eigenvalue weighted by Gasteiger charge is 2.10. The van der Waals surface area contributed by atoms with Gasteiger partial charge in [-0.1, -0.05) is 6.07 Å². The van der Waals surface area contributed by atoms with E-state index in [9.17, 15) is 4.79 Å². The second kappa shape index (κ2) is 7.04. The third kappa shape index (κ3) is 3.95. The first-order valence-corrected chi connectivity index (χ1v) is 7.66. The summed E-state index contributed by atoms with van der Waals surface area (Å²) in [7, 11) is 1.59. The third-order valence-corrected chi connectivity index (χ3v) is 3.48. The van der Waals surface area contributed by atoms with Crippen LogP contribution in [0, 0.1) is 13.8 Å². The molecular formula is C18H18N4O3. The van der Waals surface area contributed by atoms with Gasteiger partial charge in [-0.3, -0.25) is 4.79 Å². The lowest BCUT2D eigenvalue weighted by atomic mass is 10.2. The first kappa shape index (κ1) is 16.5. The molecule has 2 aromatic heterocycles. The molecule has 7 nitrogen and oxygen atoms in total. The van der Waals surface area contributed by atoms with E-state index in [-0.39, 0.29) is 5.91 Å². The van der Waals surface area contributed by atoms with E-state index in [4.69, 9.17) is 9.47 Å². The SMILES string of the molecule is COc1cc(C)ccc1Oc1ccc(NC(=O)c2cnc(C)[nH]2)cn1. The molecule has 0 aliphatic carbocycles. The van der Waals surface area contributed by atoms with Gasteiger partial charge in [-0.15, -0.1) is 0 Å². The summed E-state index contributed by atoms with van der Waals surface area (Å²) in [6, 6.07) is 9.03. The van der Waals surface area contributed by atoms with Crippen molar-refractivity contribution in [1.82, 2.24) is 15.0 Å². The second-order valence-electron chi connectivity index (χ2n) is 5.48. The lowest BCUT2D eigenvalue weighted by Gasteiger charge is -2.10. The Morgan fingerprint density at radius 3 is 2.56 bits per heavy atom. The van der Waals surface area contributed by atoms with E-state index < -0.39 is 0 Å². The zero-order chi connectivity index (χ0) is 17.8. The van der Waals surface area contributed by atoms with Crippen LogP contribution in [0.2, 0.25) is 0 Å². The summed E-state index contributed by atoms with van der Waals surface area (Å²) in [5, 5.41) is 2.74. The Morgan fingerprint density at radius 1 is 1.08 bits per heavy atom. The molecule has 7 heteroatoms. The number of benzene rings is 1. The fourth-order valence-electron chi connectivity index (χ4n) is 2.22. The van der Waals surface area contributed by atoms with Crippen molar-refractivity contribution in [1.29, 1.82) is 0 Å². The van der Waals surface area contributed by atoms with E-state index in [0.717, 1.165) is 5.56 Å². The average molecular weight is 338 g/mol. The number of amides is 1. The number of hydrogen-bond acceptors (Lipinski definition) is 5. The van der Waals surface area contributed by atoms with Gasteiger partial charge in [-0.2, -0.15) is 0 Å². The molecule has 128 valence electrons. The van der Waals surface area contributed by atoms with Crippen LogP contribution in [0.25, 0.3) is 0 Å². The maximum atomic E-state index is 12.1. The molecule has 0 radical (unpaired) electrons. The summed E-state index contributed by atoms with van der Waals surface area (Å²) >= 11 is 0. The van der Waals surface area contributed by atoms with Crippen molar-refractivity contribution < 1.29 is 14.3 Å². The highest BCUT2D eigenvalue weighted by atomic mass is 16.5. The molecule has 0 saturated carbocycles. The molecule has 0 aliphatic heterocycles. The van der Waals surface area contributed by atoms with Crippen molar-refractivity contribution in [3.8, 4) is 17.4 Å². The fraction of sp³-hybridized carbons (Fsp3) is 0.167. The van der Waals surface area contributed by atoms with E-state index in [0.29, 0.717) is 34.6 Å². The van der Waals surface area contributed by atoms with E-state index in [1.165, 1.54) is 12.4 Å². The number of ether oxygens (including phenoxy) is 2. The minimum absolute atomic E-state index is 0.281. The molecular weight excluding hydrogens is 320 g/mol. The predicted octanol–water partition coefficient (Wildman–Crippen LogP) is 3.47. The van der Waals surface area contributed by atoms with Crippen LogP contribution >= 0.6 is 0 Å². The Labute approximate surface area is 145 Å². The summed E-state index contributed by atoms with van der Waals surface area (Å²) in [4.78, 5) is 23.1. The monoisotopic (exact) mass is 338 g/mol. The molecule has 25 heavy (non-hydrogen) atoms. The molecule has 0 spiro atoms. The number of methoxy groups -OCH3 is 1. The summed E-state index contributed by atoms with van der Waals surface area (Å²) in [6.07, 6.45) is 3.01. The standard InChI is InChI=1S/C18H18N4O3/c1-11-4-6-15(16(8-11)24-3)25-17-7-5-13(9-20-17)22-18(23)14-10-19-12(2)21-14/h4-10H,1-3H3,(H,19,21)(H,22,23). The van der Waals surface area contributed by atoms with Crippen LogP contribution in [-0.2, 0) is 0 Å². The van der Waals surface area contributed by atoms with E-state index in [1.54, 1.807) is 26.2 Å². The molecule has 2 heterocycles. The first-order valence-electron chi connectivity index (χ1n) is 7.66. The molecule has 1 amide bonds. The second-order valence-corrected chi connectivity index (χ2v) is 5.48. The van der Waals surface area contributed by atoms with Crippen LogP contribution in [0.4, 0.5) is 5.69 Å². The number of pyridine rings is 1. The molecule has 3 rings (SSSR count). The molecule has 1 aromatic carbocycles. The van der Waals surface area contributed by atoms with Crippen molar-refractivity contribution in [3.05, 3.63) is 59.8 Å². The third-order valence-electron chi connectivity index (χ3n) is 3.48. The number of H-pyrrole nitrogens is 1. The number of aryl methyl sites for hydroxylation is 2. The average Bonchev–Trinajstić information content (AvgIpc) is 3.04. The van der Waals surface area contributed by atoms with Gasteiger partial charge < -0.3 is 19.8 Å². The molecule has 2 N–H and O–H groups in total. The van der Waals surface area contributed by atoms with Crippen molar-refractivity contribution in [2.75, 3.05) is 12.4 Å². The number of carbonyl (C=O) groups is 1. The smallest absolute Gasteiger partial charge is 0.273 e. The van der Waals surface area contributed by atoms with Gasteiger partial charge in [0.2, 0.25) is 5.88 Å². The Balaban J connectivity index is 1.69. The summed E-state index contributed by atoms with van der Waals surface area (Å²) in [6.45, 7) is 3.76. The van der Waals surface area contributed by atoms with Gasteiger partial charge >= 0.3 is 0 Å². The highest BCUT2D eigenvalue weighted by molar-refractivity contribution is 6.02. The number of aromatic nitrogens is 3. The number of nitrogens with one attached hydrogen (secondary N) is 2. The van der Waals surface area contributed by atoms with Gasteiger partial charge in [0.1, 0.15) is 11.5 Å². The van der Waals surface area contributed by atoms with Gasteiger partial charge in [0.25, 0.3) is 5.91 Å². The molecule has 0 unspecified atom stereocenters. The number of aromatic amines is 1. The normalized spacial score (nSPS) is 10.4. The minimum atomic E-state index is -0.281. The number of anilines is 1. The number of imidazole rings is 1. The highest BCUT2D eigenvalue weighted by Crippen LogP contribution is 2.31. The molecule has 0 bridgehead atoms. The van der Waals surface area contributed by atoms with Crippen LogP contribution in [0.3, 0.4) is 0 Å². The minimum Gasteiger partial charge on any atom is -0.493 e. The van der Waals surface area contributed by atoms with Crippen LogP contribution in [0.5, 0.6) is 17.4 Å². The number of hydrogen-bond donors (Lipinski definition) is 2. The van der Waals surface area contributed by atoms with Gasteiger partial charge in [0, 0.05) is 6.07 Å². The van der Waals surface area contributed by atoms with E-state index >= 15 is 0 Å². The molecule has 0 atom stereocenters. The number of nitrogens with zero attached hydrogens (tertiary/aromatic N) is 2. The maximum absolute atomic E-state index is 12.1. The molecule has 0 aliphatic rings. The Morgan fingerprint density at radius 2 is 1.92 bits per heavy atom. The zero-order valence-corrected chi connectivity index (χ0v) is 14.2. The fourth-order valence-corrected chi connectivity index (χ4v) is 2.22. The summed E-state index contributed by atoms with van der Waals surface area (Å²) in [5.41, 5.74) is 2.02. The lowest BCUT2D eigenvalue weighted by molar-refractivity contribution is 0.102. The van der Waals surface area contributed by atoms with Gasteiger partial charge in [0.15, 0.2) is 11.5 Å². The van der Waals surface area contributed by atoms with Crippen molar-refractivity contribution in [2.45, 2.75) is 13.8 Å². The summed E-state index contributed by atoms with van der Waals surface area (Å²) in [5.74, 6) is 2.01. The van der Waals surface area contributed by atoms with Crippen molar-refractivity contribution in [2.24, 2.45) is 0 Å². The molecule has 0 saturated heterocycles. The number of rotatable bonds is 5. The maximum Gasteiger partial charge on any atom is 0.273 e. The Kier molecular flexibility index (Phi) is 4.65.